The maximum absolute atomic E-state index is 13.3. The number of pyridine rings is 1. The normalized spacial score (nSPS) is 27.4. The van der Waals surface area contributed by atoms with E-state index in [2.05, 4.69) is 29.8 Å². The highest BCUT2D eigenvalue weighted by Gasteiger charge is 2.37. The molecular weight excluding hydrogens is 432 g/mol. The second-order valence-corrected chi connectivity index (χ2v) is 9.36. The second-order valence-electron chi connectivity index (χ2n) is 9.36. The third kappa shape index (κ3) is 4.51. The van der Waals surface area contributed by atoms with Crippen LogP contribution in [0.1, 0.15) is 39.5 Å². The molecule has 1 aromatic heterocycles. The zero-order chi connectivity index (χ0) is 23.7. The Balaban J connectivity index is 1.34. The van der Waals surface area contributed by atoms with Crippen molar-refractivity contribution in [1.82, 2.24) is 9.88 Å². The van der Waals surface area contributed by atoms with Gasteiger partial charge in [-0.25, -0.2) is 15.0 Å². The van der Waals surface area contributed by atoms with Crippen LogP contribution in [0.25, 0.3) is 0 Å². The lowest BCUT2D eigenvalue weighted by atomic mass is 9.82. The van der Waals surface area contributed by atoms with Gasteiger partial charge in [-0.05, 0) is 25.0 Å². The zero-order valence-electron chi connectivity index (χ0n) is 20.1. The van der Waals surface area contributed by atoms with Crippen molar-refractivity contribution in [3.63, 3.8) is 0 Å². The van der Waals surface area contributed by atoms with E-state index >= 15 is 0 Å². The van der Waals surface area contributed by atoms with Crippen molar-refractivity contribution >= 4 is 17.5 Å². The van der Waals surface area contributed by atoms with Crippen LogP contribution in [0.5, 0.6) is 11.6 Å². The minimum Gasteiger partial charge on any atom is -0.489 e. The predicted octanol–water partition coefficient (Wildman–Crippen LogP) is 3.59. The molecule has 8 nitrogen and oxygen atoms in total. The molecule has 34 heavy (non-hydrogen) atoms. The zero-order valence-corrected chi connectivity index (χ0v) is 20.1. The Bertz CT molecular complexity index is 1060. The van der Waals surface area contributed by atoms with E-state index < -0.39 is 0 Å². The van der Waals surface area contributed by atoms with Gasteiger partial charge in [0.1, 0.15) is 23.5 Å². The molecular formula is C26H32N4O4. The maximum atomic E-state index is 13.3. The van der Waals surface area contributed by atoms with Crippen LogP contribution in [-0.2, 0) is 9.53 Å². The van der Waals surface area contributed by atoms with Crippen molar-refractivity contribution in [2.24, 2.45) is 21.8 Å². The first-order valence-corrected chi connectivity index (χ1v) is 12.1. The number of likely N-dealkylation sites (tertiary alicyclic amines) is 1. The molecule has 1 aromatic rings. The minimum absolute atomic E-state index is 0.0269. The number of hydrogen-bond acceptors (Lipinski definition) is 8. The average Bonchev–Trinajstić information content (AvgIpc) is 2.97. The first-order chi connectivity index (χ1) is 16.5. The Morgan fingerprint density at radius 3 is 2.74 bits per heavy atom. The number of rotatable bonds is 3. The Morgan fingerprint density at radius 2 is 2.00 bits per heavy atom. The number of ether oxygens (including phenoxy) is 3. The summed E-state index contributed by atoms with van der Waals surface area (Å²) >= 11 is 0. The highest BCUT2D eigenvalue weighted by Crippen LogP contribution is 2.34. The van der Waals surface area contributed by atoms with Crippen molar-refractivity contribution in [2.75, 3.05) is 33.4 Å². The van der Waals surface area contributed by atoms with Gasteiger partial charge in [0.15, 0.2) is 5.78 Å². The lowest BCUT2D eigenvalue weighted by Crippen LogP contribution is -2.43. The van der Waals surface area contributed by atoms with E-state index in [-0.39, 0.29) is 23.7 Å². The van der Waals surface area contributed by atoms with Gasteiger partial charge in [-0.3, -0.25) is 4.79 Å². The maximum Gasteiger partial charge on any atom is 0.213 e. The van der Waals surface area contributed by atoms with E-state index in [9.17, 15) is 4.79 Å². The molecule has 0 N–H and O–H groups in total. The van der Waals surface area contributed by atoms with Gasteiger partial charge in [-0.1, -0.05) is 13.0 Å². The average molecular weight is 465 g/mol. The lowest BCUT2D eigenvalue weighted by Gasteiger charge is -2.35. The summed E-state index contributed by atoms with van der Waals surface area (Å²) in [6, 6.07) is 3.71. The molecule has 2 atom stereocenters. The topological polar surface area (TPSA) is 85.6 Å². The summed E-state index contributed by atoms with van der Waals surface area (Å²) in [5.74, 6) is 3.13. The number of amidine groups is 2. The molecule has 2 unspecified atom stereocenters. The number of ketones is 1. The van der Waals surface area contributed by atoms with Crippen molar-refractivity contribution in [2.45, 2.75) is 45.6 Å². The fourth-order valence-corrected chi connectivity index (χ4v) is 5.10. The number of carbonyl (C=O) groups is 1. The van der Waals surface area contributed by atoms with Gasteiger partial charge in [0.05, 0.1) is 32.2 Å². The summed E-state index contributed by atoms with van der Waals surface area (Å²) in [4.78, 5) is 29.8. The van der Waals surface area contributed by atoms with Gasteiger partial charge < -0.3 is 19.1 Å². The predicted molar refractivity (Wildman–Crippen MR) is 129 cm³/mol. The molecule has 2 bridgehead atoms. The van der Waals surface area contributed by atoms with E-state index in [0.29, 0.717) is 31.9 Å². The fraction of sp³-hybridized carbons (Fsp3) is 0.538. The molecule has 0 aromatic carbocycles. The van der Waals surface area contributed by atoms with E-state index in [1.165, 1.54) is 0 Å². The molecule has 8 heteroatoms. The number of nitrogens with zero attached hydrogens (tertiary/aromatic N) is 4. The number of carbonyl (C=O) groups excluding carboxylic acids is 1. The molecule has 4 aliphatic heterocycles. The lowest BCUT2D eigenvalue weighted by molar-refractivity contribution is -0.120. The van der Waals surface area contributed by atoms with Gasteiger partial charge in [0, 0.05) is 55.8 Å². The number of methoxy groups -OCH3 is 1. The Morgan fingerprint density at radius 1 is 1.18 bits per heavy atom. The number of fused-ring (bicyclic) bond motifs is 2. The Hall–Kier alpha value is -3.00. The summed E-state index contributed by atoms with van der Waals surface area (Å²) < 4.78 is 16.9. The molecule has 0 saturated carbocycles. The van der Waals surface area contributed by atoms with Crippen LogP contribution in [0.15, 0.2) is 51.2 Å². The highest BCUT2D eigenvalue weighted by molar-refractivity contribution is 6.10. The van der Waals surface area contributed by atoms with Crippen LogP contribution in [0, 0.1) is 11.8 Å². The van der Waals surface area contributed by atoms with Gasteiger partial charge in [-0.2, -0.15) is 0 Å². The first-order valence-electron chi connectivity index (χ1n) is 12.1. The van der Waals surface area contributed by atoms with Crippen molar-refractivity contribution < 1.29 is 19.0 Å². The number of aromatic nitrogens is 1. The van der Waals surface area contributed by atoms with Gasteiger partial charge in [0.25, 0.3) is 0 Å². The Labute approximate surface area is 200 Å². The van der Waals surface area contributed by atoms with E-state index in [1.807, 2.05) is 12.1 Å². The summed E-state index contributed by atoms with van der Waals surface area (Å²) in [6.45, 7) is 6.85. The molecule has 0 spiro atoms. The third-order valence-corrected chi connectivity index (χ3v) is 7.19. The smallest absolute Gasteiger partial charge is 0.213 e. The monoisotopic (exact) mass is 464 g/mol. The minimum atomic E-state index is -0.109. The first kappa shape index (κ1) is 22.8. The van der Waals surface area contributed by atoms with Crippen LogP contribution < -0.4 is 9.47 Å². The summed E-state index contributed by atoms with van der Waals surface area (Å²) in [7, 11) is 1.60. The number of piperidine rings is 1. The van der Waals surface area contributed by atoms with E-state index in [0.717, 1.165) is 60.2 Å². The molecule has 5 rings (SSSR count). The van der Waals surface area contributed by atoms with Crippen LogP contribution in [0.4, 0.5) is 0 Å². The van der Waals surface area contributed by atoms with Gasteiger partial charge in [0.2, 0.25) is 5.88 Å². The summed E-state index contributed by atoms with van der Waals surface area (Å²) in [5.41, 5.74) is 2.71. The molecule has 1 saturated heterocycles. The molecule has 0 radical (unpaired) electrons. The van der Waals surface area contributed by atoms with Crippen molar-refractivity contribution in [1.29, 1.82) is 0 Å². The molecule has 5 heterocycles. The molecule has 0 aliphatic carbocycles. The molecule has 0 amide bonds. The van der Waals surface area contributed by atoms with Gasteiger partial charge >= 0.3 is 0 Å². The van der Waals surface area contributed by atoms with Crippen molar-refractivity contribution in [3.05, 3.63) is 41.2 Å². The standard InChI is InChI=1S/C26H32N4O4/c1-16-4-6-20-17(2)25(28-22-15-33-13-10-21(22)24(20)31)29-26(16)30-11-8-18(9-12-30)34-19-5-7-23(32-3)27-14-19/h4-5,7,14,17-18,20H,6,8-13,15H2,1-3H3/b16-4-,29-26?. The van der Waals surface area contributed by atoms with E-state index in [4.69, 9.17) is 24.2 Å². The van der Waals surface area contributed by atoms with Crippen LogP contribution in [0.3, 0.4) is 0 Å². The van der Waals surface area contributed by atoms with Crippen LogP contribution >= 0.6 is 0 Å². The molecule has 1 fully saturated rings. The third-order valence-electron chi connectivity index (χ3n) is 7.19. The van der Waals surface area contributed by atoms with Crippen LogP contribution in [0.2, 0.25) is 0 Å². The number of hydrogen-bond donors (Lipinski definition) is 0. The quantitative estimate of drug-likeness (QED) is 0.680. The number of aliphatic imine (C=N–C) groups is 2. The molecule has 180 valence electrons. The molecule has 4 aliphatic rings. The van der Waals surface area contributed by atoms with Gasteiger partial charge in [-0.15, -0.1) is 0 Å². The Kier molecular flexibility index (Phi) is 6.50. The van der Waals surface area contributed by atoms with E-state index in [1.54, 1.807) is 13.3 Å². The number of allylic oxidation sites excluding steroid dienone is 1. The van der Waals surface area contributed by atoms with Crippen molar-refractivity contribution in [3.8, 4) is 11.6 Å². The highest BCUT2D eigenvalue weighted by atomic mass is 16.5. The number of Topliss-reactive ketones (excluding diaryl/α,β-unsaturated/α-hetero) is 1. The fourth-order valence-electron chi connectivity index (χ4n) is 5.10. The SMILES string of the molecule is COc1ccc(OC2CCN(C3=NC4=NC5=C(CCOC5)C(=O)C(C/C=C\3C)C4C)CC2)cn1. The largest absolute Gasteiger partial charge is 0.489 e. The van der Waals surface area contributed by atoms with Crippen LogP contribution in [-0.4, -0.2) is 66.9 Å². The summed E-state index contributed by atoms with van der Waals surface area (Å²) in [6.07, 6.45) is 7.17. The second kappa shape index (κ2) is 9.70. The summed E-state index contributed by atoms with van der Waals surface area (Å²) in [5, 5.41) is 0.